The number of unbranched alkanes of at least 4 members (excludes halogenated alkanes) is 12. The molecule has 0 amide bonds. The molecule has 1 N–H and O–H groups in total. The fraction of sp³-hybridized carbons (Fsp3) is 0.714. The number of rotatable bonds is 38. The number of phosphoric ester groups is 1. The number of benzene rings is 2. The maximum Gasteiger partial charge on any atom is 0.472 e. The van der Waals surface area contributed by atoms with E-state index in [1.807, 2.05) is 60.7 Å². The maximum absolute atomic E-state index is 13.0. The summed E-state index contributed by atoms with van der Waals surface area (Å²) in [6.07, 6.45) is 17.2. The van der Waals surface area contributed by atoms with Gasteiger partial charge in [0.15, 0.2) is 0 Å². The van der Waals surface area contributed by atoms with Crippen LogP contribution in [-0.4, -0.2) is 83.2 Å². The Morgan fingerprint density at radius 3 is 1.25 bits per heavy atom. The molecular weight excluding hydrogens is 695 g/mol. The average molecular weight is 767 g/mol. The Bertz CT molecular complexity index is 1030. The monoisotopic (exact) mass is 766 g/mol. The van der Waals surface area contributed by atoms with E-state index in [0.717, 1.165) is 50.0 Å². The highest BCUT2D eigenvalue weighted by Gasteiger charge is 2.26. The van der Waals surface area contributed by atoms with Crippen LogP contribution in [0.5, 0.6) is 11.5 Å². The molecular formula is C42H71O10P. The third-order valence-electron chi connectivity index (χ3n) is 8.75. The SMILES string of the molecule is CCCCCCCCCC(COP(=O)(O)OCC(CCCCCCCCC)OCCOCCOc1ccccc1)OCCOCCOc1ccccc1. The summed E-state index contributed by atoms with van der Waals surface area (Å²) in [6.45, 7) is 7.60. The van der Waals surface area contributed by atoms with Gasteiger partial charge in [-0.1, -0.05) is 140 Å². The standard InChI is InChI=1S/C42H71O10P/c1-3-5-7-9-11-13-17-27-41(49-35-31-45-29-33-47-39-23-19-15-20-24-39)37-51-53(43,44)52-38-42(28-18-14-12-10-8-6-4-2)50-36-32-46-30-34-48-40-25-21-16-22-26-40/h15-16,19-26,41-42H,3-14,17-18,27-38H2,1-2H3,(H,43,44). The van der Waals surface area contributed by atoms with Gasteiger partial charge in [0.25, 0.3) is 0 Å². The van der Waals surface area contributed by atoms with E-state index in [0.29, 0.717) is 52.9 Å². The van der Waals surface area contributed by atoms with E-state index in [1.165, 1.54) is 64.2 Å². The van der Waals surface area contributed by atoms with Crippen molar-refractivity contribution in [2.45, 2.75) is 129 Å². The lowest BCUT2D eigenvalue weighted by Crippen LogP contribution is -2.24. The van der Waals surface area contributed by atoms with Gasteiger partial charge < -0.3 is 33.3 Å². The Balaban J connectivity index is 1.76. The fourth-order valence-electron chi connectivity index (χ4n) is 5.70. The molecule has 0 aliphatic heterocycles. The molecule has 0 aliphatic rings. The number of para-hydroxylation sites is 2. The van der Waals surface area contributed by atoms with Crippen LogP contribution in [0.25, 0.3) is 0 Å². The first-order valence-corrected chi connectivity index (χ1v) is 21.9. The average Bonchev–Trinajstić information content (AvgIpc) is 3.17. The molecule has 304 valence electrons. The molecule has 0 fully saturated rings. The first kappa shape index (κ1) is 47.1. The summed E-state index contributed by atoms with van der Waals surface area (Å²) in [5.74, 6) is 1.61. The van der Waals surface area contributed by atoms with Crippen LogP contribution in [0.1, 0.15) is 117 Å². The highest BCUT2D eigenvalue weighted by Crippen LogP contribution is 2.44. The van der Waals surface area contributed by atoms with Crippen molar-refractivity contribution in [2.24, 2.45) is 0 Å². The van der Waals surface area contributed by atoms with Crippen LogP contribution in [0.15, 0.2) is 60.7 Å². The highest BCUT2D eigenvalue weighted by atomic mass is 31.2. The quantitative estimate of drug-likeness (QED) is 0.0524. The Morgan fingerprint density at radius 1 is 0.491 bits per heavy atom. The van der Waals surface area contributed by atoms with Crippen LogP contribution in [0.4, 0.5) is 0 Å². The number of hydrogen-bond donors (Lipinski definition) is 1. The molecule has 0 saturated carbocycles. The number of ether oxygens (including phenoxy) is 6. The molecule has 0 saturated heterocycles. The summed E-state index contributed by atoms with van der Waals surface area (Å²) in [7, 11) is -4.34. The van der Waals surface area contributed by atoms with Crippen LogP contribution in [-0.2, 0) is 32.6 Å². The van der Waals surface area contributed by atoms with Gasteiger partial charge in [-0.2, -0.15) is 0 Å². The van der Waals surface area contributed by atoms with E-state index in [-0.39, 0.29) is 25.4 Å². The van der Waals surface area contributed by atoms with Crippen molar-refractivity contribution in [3.8, 4) is 11.5 Å². The molecule has 0 bridgehead atoms. The van der Waals surface area contributed by atoms with E-state index in [9.17, 15) is 9.46 Å². The molecule has 0 spiro atoms. The molecule has 2 aromatic rings. The van der Waals surface area contributed by atoms with Crippen LogP contribution in [0, 0.1) is 0 Å². The van der Waals surface area contributed by atoms with Gasteiger partial charge in [0.1, 0.15) is 24.7 Å². The summed E-state index contributed by atoms with van der Waals surface area (Å²) in [6, 6.07) is 19.3. The van der Waals surface area contributed by atoms with Gasteiger partial charge in [-0.25, -0.2) is 4.57 Å². The van der Waals surface area contributed by atoms with Crippen LogP contribution in [0.2, 0.25) is 0 Å². The molecule has 2 atom stereocenters. The topological polar surface area (TPSA) is 111 Å². The Morgan fingerprint density at radius 2 is 0.849 bits per heavy atom. The maximum atomic E-state index is 13.0. The summed E-state index contributed by atoms with van der Waals surface area (Å²) < 4.78 is 58.9. The lowest BCUT2D eigenvalue weighted by atomic mass is 10.1. The normalized spacial score (nSPS) is 13.8. The van der Waals surface area contributed by atoms with Gasteiger partial charge in [0, 0.05) is 0 Å². The minimum Gasteiger partial charge on any atom is -0.491 e. The molecule has 10 nitrogen and oxygen atoms in total. The van der Waals surface area contributed by atoms with Crippen molar-refractivity contribution < 1.29 is 46.9 Å². The zero-order valence-corrected chi connectivity index (χ0v) is 33.8. The Kier molecular flexibility index (Phi) is 29.7. The highest BCUT2D eigenvalue weighted by molar-refractivity contribution is 7.47. The van der Waals surface area contributed by atoms with Gasteiger partial charge in [-0.15, -0.1) is 0 Å². The van der Waals surface area contributed by atoms with Gasteiger partial charge in [0.2, 0.25) is 0 Å². The minimum atomic E-state index is -4.34. The second-order valence-corrected chi connectivity index (χ2v) is 14.9. The molecule has 2 rings (SSSR count). The first-order valence-electron chi connectivity index (χ1n) is 20.4. The van der Waals surface area contributed by atoms with Crippen LogP contribution < -0.4 is 9.47 Å². The zero-order valence-electron chi connectivity index (χ0n) is 32.9. The second-order valence-electron chi connectivity index (χ2n) is 13.4. The van der Waals surface area contributed by atoms with Crippen molar-refractivity contribution >= 4 is 7.82 Å². The summed E-state index contributed by atoms with van der Waals surface area (Å²) >= 11 is 0. The lowest BCUT2D eigenvalue weighted by molar-refractivity contribution is -0.0387. The van der Waals surface area contributed by atoms with Crippen molar-refractivity contribution in [2.75, 3.05) is 66.1 Å². The molecule has 2 aromatic carbocycles. The summed E-state index contributed by atoms with van der Waals surface area (Å²) in [5.41, 5.74) is 0. The summed E-state index contributed by atoms with van der Waals surface area (Å²) in [5, 5.41) is 0. The van der Waals surface area contributed by atoms with Gasteiger partial charge in [0.05, 0.1) is 65.1 Å². The predicted molar refractivity (Wildman–Crippen MR) is 212 cm³/mol. The van der Waals surface area contributed by atoms with E-state index < -0.39 is 7.82 Å². The summed E-state index contributed by atoms with van der Waals surface area (Å²) in [4.78, 5) is 10.6. The first-order chi connectivity index (χ1) is 26.0. The van der Waals surface area contributed by atoms with E-state index in [1.54, 1.807) is 0 Å². The van der Waals surface area contributed by atoms with E-state index in [2.05, 4.69) is 13.8 Å². The second kappa shape index (κ2) is 33.3. The largest absolute Gasteiger partial charge is 0.491 e. The lowest BCUT2D eigenvalue weighted by Gasteiger charge is -2.22. The molecule has 0 aliphatic carbocycles. The van der Waals surface area contributed by atoms with Crippen molar-refractivity contribution in [3.63, 3.8) is 0 Å². The van der Waals surface area contributed by atoms with Gasteiger partial charge >= 0.3 is 7.82 Å². The van der Waals surface area contributed by atoms with Crippen LogP contribution >= 0.6 is 7.82 Å². The van der Waals surface area contributed by atoms with Gasteiger partial charge in [-0.05, 0) is 37.1 Å². The molecule has 53 heavy (non-hydrogen) atoms. The number of phosphoric acid groups is 1. The Hall–Kier alpha value is -2.01. The third-order valence-corrected chi connectivity index (χ3v) is 9.70. The fourth-order valence-corrected chi connectivity index (χ4v) is 6.49. The molecule has 2 unspecified atom stereocenters. The zero-order chi connectivity index (χ0) is 37.9. The van der Waals surface area contributed by atoms with Crippen molar-refractivity contribution in [1.82, 2.24) is 0 Å². The van der Waals surface area contributed by atoms with Crippen molar-refractivity contribution in [1.29, 1.82) is 0 Å². The predicted octanol–water partition coefficient (Wildman–Crippen LogP) is 10.4. The van der Waals surface area contributed by atoms with Gasteiger partial charge in [-0.3, -0.25) is 9.05 Å². The van der Waals surface area contributed by atoms with E-state index >= 15 is 0 Å². The molecule has 11 heteroatoms. The third kappa shape index (κ3) is 28.1. The van der Waals surface area contributed by atoms with Crippen LogP contribution in [0.3, 0.4) is 0 Å². The van der Waals surface area contributed by atoms with E-state index in [4.69, 9.17) is 37.5 Å². The Labute approximate surface area is 321 Å². The smallest absolute Gasteiger partial charge is 0.472 e. The number of hydrogen-bond acceptors (Lipinski definition) is 9. The molecule has 0 aromatic heterocycles. The molecule has 0 heterocycles. The minimum absolute atomic E-state index is 0.0388. The van der Waals surface area contributed by atoms with Crippen molar-refractivity contribution in [3.05, 3.63) is 60.7 Å². The molecule has 0 radical (unpaired) electrons.